The third-order valence-electron chi connectivity index (χ3n) is 5.39. The molecule has 0 fully saturated rings. The molecule has 10 heteroatoms. The zero-order valence-corrected chi connectivity index (χ0v) is 19.6. The summed E-state index contributed by atoms with van der Waals surface area (Å²) in [5.74, 6) is -1.60. The maximum absolute atomic E-state index is 13.3. The second-order valence-electron chi connectivity index (χ2n) is 7.71. The largest absolute Gasteiger partial charge is 0.502 e. The lowest BCUT2D eigenvalue weighted by atomic mass is 10.0. The monoisotopic (exact) mass is 521 g/mol. The molecular weight excluding hydrogens is 508 g/mol. The minimum absolute atomic E-state index is 0.0138. The maximum atomic E-state index is 13.3. The van der Waals surface area contributed by atoms with Crippen LogP contribution in [0.15, 0.2) is 82.1 Å². The van der Waals surface area contributed by atoms with Crippen molar-refractivity contribution in [1.29, 1.82) is 0 Å². The number of anilines is 1. The lowest BCUT2D eigenvalue weighted by molar-refractivity contribution is 0.102. The summed E-state index contributed by atoms with van der Waals surface area (Å²) in [7, 11) is 0. The standard InChI is InChI=1S/C26H14Cl2FN3O4/c27-24-19(12-30-26(28)32-24)25(35)31-17-3-1-2-15(10-17)23-22(34)21(33)18-9-6-14(11-20(18)36-23)13-4-7-16(29)8-5-13/h1-12,34H,(H,31,35). The lowest BCUT2D eigenvalue weighted by Crippen LogP contribution is -2.13. The van der Waals surface area contributed by atoms with E-state index in [9.17, 15) is 19.1 Å². The Bertz CT molecular complexity index is 1710. The van der Waals surface area contributed by atoms with Crippen LogP contribution < -0.4 is 10.7 Å². The van der Waals surface area contributed by atoms with Gasteiger partial charge in [-0.25, -0.2) is 14.4 Å². The molecular formula is C26H14Cl2FN3O4. The number of rotatable bonds is 4. The highest BCUT2D eigenvalue weighted by atomic mass is 35.5. The molecule has 0 saturated heterocycles. The van der Waals surface area contributed by atoms with Crippen LogP contribution in [-0.4, -0.2) is 21.0 Å². The van der Waals surface area contributed by atoms with Crippen molar-refractivity contribution in [2.24, 2.45) is 0 Å². The van der Waals surface area contributed by atoms with E-state index in [1.165, 1.54) is 30.5 Å². The number of hydrogen-bond donors (Lipinski definition) is 2. The molecule has 0 radical (unpaired) electrons. The van der Waals surface area contributed by atoms with Gasteiger partial charge in [0.05, 0.1) is 10.9 Å². The van der Waals surface area contributed by atoms with Crippen molar-refractivity contribution in [2.45, 2.75) is 0 Å². The van der Waals surface area contributed by atoms with E-state index in [4.69, 9.17) is 27.6 Å². The van der Waals surface area contributed by atoms with Crippen LogP contribution in [0, 0.1) is 5.82 Å². The third kappa shape index (κ3) is 4.51. The summed E-state index contributed by atoms with van der Waals surface area (Å²) in [6.45, 7) is 0. The van der Waals surface area contributed by atoms with Gasteiger partial charge < -0.3 is 14.8 Å². The van der Waals surface area contributed by atoms with Crippen molar-refractivity contribution in [3.63, 3.8) is 0 Å². The van der Waals surface area contributed by atoms with E-state index in [0.29, 0.717) is 16.8 Å². The molecule has 0 unspecified atom stereocenters. The van der Waals surface area contributed by atoms with Crippen molar-refractivity contribution >= 4 is 45.8 Å². The Labute approximate surface area is 212 Å². The molecule has 0 atom stereocenters. The number of aromatic nitrogens is 2. The topological polar surface area (TPSA) is 105 Å². The summed E-state index contributed by atoms with van der Waals surface area (Å²) in [6.07, 6.45) is 1.20. The minimum Gasteiger partial charge on any atom is -0.502 e. The van der Waals surface area contributed by atoms with Gasteiger partial charge in [0, 0.05) is 17.4 Å². The summed E-state index contributed by atoms with van der Waals surface area (Å²) in [5.41, 5.74) is 1.74. The number of hydrogen-bond acceptors (Lipinski definition) is 6. The van der Waals surface area contributed by atoms with Crippen LogP contribution >= 0.6 is 23.2 Å². The molecule has 7 nitrogen and oxygen atoms in total. The number of nitrogens with zero attached hydrogens (tertiary/aromatic N) is 2. The van der Waals surface area contributed by atoms with Gasteiger partial charge in [-0.2, -0.15) is 0 Å². The van der Waals surface area contributed by atoms with Crippen LogP contribution in [-0.2, 0) is 0 Å². The number of benzene rings is 3. The molecule has 0 aliphatic rings. The Morgan fingerprint density at radius 1 is 0.972 bits per heavy atom. The molecule has 36 heavy (non-hydrogen) atoms. The molecule has 2 heterocycles. The van der Waals surface area contributed by atoms with Gasteiger partial charge in [-0.3, -0.25) is 9.59 Å². The molecule has 2 N–H and O–H groups in total. The van der Waals surface area contributed by atoms with Crippen LogP contribution in [0.1, 0.15) is 10.4 Å². The zero-order chi connectivity index (χ0) is 25.4. The van der Waals surface area contributed by atoms with E-state index in [-0.39, 0.29) is 38.5 Å². The Balaban J connectivity index is 1.53. The third-order valence-corrected chi connectivity index (χ3v) is 5.86. The SMILES string of the molecule is O=C(Nc1cccc(-c2oc3cc(-c4ccc(F)cc4)ccc3c(=O)c2O)c1)c1cnc(Cl)nc1Cl. The smallest absolute Gasteiger partial charge is 0.260 e. The van der Waals surface area contributed by atoms with Crippen LogP contribution in [0.25, 0.3) is 33.4 Å². The number of aromatic hydroxyl groups is 1. The molecule has 0 aliphatic carbocycles. The van der Waals surface area contributed by atoms with E-state index in [1.54, 1.807) is 42.5 Å². The average molecular weight is 522 g/mol. The van der Waals surface area contributed by atoms with Crippen LogP contribution in [0.5, 0.6) is 5.75 Å². The van der Waals surface area contributed by atoms with E-state index < -0.39 is 17.1 Å². The molecule has 0 saturated carbocycles. The van der Waals surface area contributed by atoms with Crippen LogP contribution in [0.2, 0.25) is 10.4 Å². The predicted molar refractivity (Wildman–Crippen MR) is 135 cm³/mol. The average Bonchev–Trinajstić information content (AvgIpc) is 2.86. The first-order chi connectivity index (χ1) is 17.3. The fraction of sp³-hybridized carbons (Fsp3) is 0. The first-order valence-corrected chi connectivity index (χ1v) is 11.2. The van der Waals surface area contributed by atoms with Crippen molar-refractivity contribution in [2.75, 3.05) is 5.32 Å². The Morgan fingerprint density at radius 2 is 1.72 bits per heavy atom. The molecule has 0 spiro atoms. The molecule has 5 rings (SSSR count). The number of fused-ring (bicyclic) bond motifs is 1. The fourth-order valence-electron chi connectivity index (χ4n) is 3.63. The number of carbonyl (C=O) groups excluding carboxylic acids is 1. The van der Waals surface area contributed by atoms with Gasteiger partial charge in [0.1, 0.15) is 16.6 Å². The molecule has 2 aromatic heterocycles. The van der Waals surface area contributed by atoms with E-state index in [2.05, 4.69) is 15.3 Å². The van der Waals surface area contributed by atoms with Crippen molar-refractivity contribution in [3.05, 3.63) is 105 Å². The van der Waals surface area contributed by atoms with Gasteiger partial charge in [0.25, 0.3) is 5.91 Å². The van der Waals surface area contributed by atoms with Crippen molar-refractivity contribution in [1.82, 2.24) is 9.97 Å². The second kappa shape index (κ2) is 9.41. The van der Waals surface area contributed by atoms with E-state index in [1.807, 2.05) is 0 Å². The Kier molecular flexibility index (Phi) is 6.13. The quantitative estimate of drug-likeness (QED) is 0.211. The molecule has 178 valence electrons. The van der Waals surface area contributed by atoms with Crippen molar-refractivity contribution in [3.8, 4) is 28.2 Å². The lowest BCUT2D eigenvalue weighted by Gasteiger charge is -2.10. The first-order valence-electron chi connectivity index (χ1n) is 10.5. The minimum atomic E-state index is -0.614. The molecule has 3 aromatic carbocycles. The van der Waals surface area contributed by atoms with Gasteiger partial charge >= 0.3 is 0 Å². The zero-order valence-electron chi connectivity index (χ0n) is 18.1. The number of amides is 1. The molecule has 5 aromatic rings. The summed E-state index contributed by atoms with van der Waals surface area (Å²) < 4.78 is 19.2. The molecule has 0 aliphatic heterocycles. The highest BCUT2D eigenvalue weighted by molar-refractivity contribution is 6.34. The summed E-state index contributed by atoms with van der Waals surface area (Å²) >= 11 is 11.7. The van der Waals surface area contributed by atoms with Crippen molar-refractivity contribution < 1.29 is 18.7 Å². The van der Waals surface area contributed by atoms with Gasteiger partial charge in [-0.05, 0) is 59.1 Å². The normalized spacial score (nSPS) is 11.0. The van der Waals surface area contributed by atoms with Gasteiger partial charge in [-0.15, -0.1) is 0 Å². The second-order valence-corrected chi connectivity index (χ2v) is 8.40. The van der Waals surface area contributed by atoms with E-state index in [0.717, 1.165) is 5.56 Å². The number of halogens is 3. The molecule has 1 amide bonds. The Morgan fingerprint density at radius 3 is 2.47 bits per heavy atom. The summed E-state index contributed by atoms with van der Waals surface area (Å²) in [6, 6.07) is 17.1. The predicted octanol–water partition coefficient (Wildman–Crippen LogP) is 6.32. The Hall–Kier alpha value is -4.27. The fourth-order valence-corrected chi connectivity index (χ4v) is 4.02. The maximum Gasteiger partial charge on any atom is 0.260 e. The van der Waals surface area contributed by atoms with Gasteiger partial charge in [0.2, 0.25) is 16.5 Å². The van der Waals surface area contributed by atoms with Gasteiger partial charge in [-0.1, -0.05) is 41.9 Å². The number of carbonyl (C=O) groups is 1. The van der Waals surface area contributed by atoms with E-state index >= 15 is 0 Å². The highest BCUT2D eigenvalue weighted by Crippen LogP contribution is 2.33. The summed E-state index contributed by atoms with van der Waals surface area (Å²) in [5, 5.41) is 13.2. The molecule has 0 bridgehead atoms. The highest BCUT2D eigenvalue weighted by Gasteiger charge is 2.18. The summed E-state index contributed by atoms with van der Waals surface area (Å²) in [4.78, 5) is 33.0. The number of nitrogens with one attached hydrogen (secondary N) is 1. The first kappa shape index (κ1) is 23.5. The van der Waals surface area contributed by atoms with Crippen LogP contribution in [0.3, 0.4) is 0 Å². The van der Waals surface area contributed by atoms with Gasteiger partial charge in [0.15, 0.2) is 5.76 Å². The van der Waals surface area contributed by atoms with Crippen LogP contribution in [0.4, 0.5) is 10.1 Å².